The van der Waals surface area contributed by atoms with Crippen molar-refractivity contribution in [3.8, 4) is 0 Å². The molecule has 72 valence electrons. The molecule has 0 aliphatic carbocycles. The van der Waals surface area contributed by atoms with Crippen molar-refractivity contribution in [1.82, 2.24) is 10.2 Å². The molecule has 0 saturated carbocycles. The average Bonchev–Trinajstić information content (AvgIpc) is 2.53. The molecule has 3 nitrogen and oxygen atoms in total. The molecule has 1 aliphatic heterocycles. The molecule has 0 aromatic carbocycles. The van der Waals surface area contributed by atoms with E-state index in [0.29, 0.717) is 6.04 Å². The molecular formula is C7H10BrN3S2. The van der Waals surface area contributed by atoms with Gasteiger partial charge in [-0.25, -0.2) is 0 Å². The molecule has 1 aliphatic rings. The van der Waals surface area contributed by atoms with Crippen molar-refractivity contribution < 1.29 is 0 Å². The Bertz CT molecular complexity index is 272. The highest BCUT2D eigenvalue weighted by atomic mass is 79.9. The zero-order valence-corrected chi connectivity index (χ0v) is 10.2. The van der Waals surface area contributed by atoms with E-state index in [9.17, 15) is 0 Å². The lowest BCUT2D eigenvalue weighted by molar-refractivity contribution is 0.665. The van der Waals surface area contributed by atoms with Crippen molar-refractivity contribution in [3.63, 3.8) is 0 Å². The van der Waals surface area contributed by atoms with Crippen LogP contribution in [0.25, 0.3) is 0 Å². The van der Waals surface area contributed by atoms with Gasteiger partial charge in [0.1, 0.15) is 0 Å². The Balaban J connectivity index is 1.89. The Morgan fingerprint density at radius 1 is 1.31 bits per heavy atom. The molecule has 1 N–H and O–H groups in total. The van der Waals surface area contributed by atoms with Gasteiger partial charge >= 0.3 is 0 Å². The second-order valence-corrected chi connectivity index (χ2v) is 6.37. The number of hydrogen-bond acceptors (Lipinski definition) is 5. The summed E-state index contributed by atoms with van der Waals surface area (Å²) in [5, 5.41) is 12.3. The summed E-state index contributed by atoms with van der Waals surface area (Å²) in [5.41, 5.74) is 0. The lowest BCUT2D eigenvalue weighted by Gasteiger charge is -2.21. The summed E-state index contributed by atoms with van der Waals surface area (Å²) in [6, 6.07) is 0.598. The van der Waals surface area contributed by atoms with E-state index >= 15 is 0 Å². The summed E-state index contributed by atoms with van der Waals surface area (Å²) >= 11 is 6.89. The third kappa shape index (κ3) is 2.82. The monoisotopic (exact) mass is 279 g/mol. The minimum atomic E-state index is 0.598. The van der Waals surface area contributed by atoms with Gasteiger partial charge in [0.15, 0.2) is 3.92 Å². The molecule has 6 heteroatoms. The molecule has 2 rings (SSSR count). The first-order chi connectivity index (χ1) is 6.34. The molecule has 0 spiro atoms. The van der Waals surface area contributed by atoms with Crippen molar-refractivity contribution >= 4 is 44.2 Å². The lowest BCUT2D eigenvalue weighted by atomic mass is 10.2. The predicted octanol–water partition coefficient (Wildman–Crippen LogP) is 2.61. The Morgan fingerprint density at radius 3 is 2.69 bits per heavy atom. The first-order valence-corrected chi connectivity index (χ1v) is 6.94. The van der Waals surface area contributed by atoms with Crippen molar-refractivity contribution in [2.45, 2.75) is 18.9 Å². The van der Waals surface area contributed by atoms with Crippen LogP contribution in [0.1, 0.15) is 12.8 Å². The Labute approximate surface area is 93.8 Å². The Hall–Kier alpha value is 0.190. The molecule has 1 fully saturated rings. The van der Waals surface area contributed by atoms with E-state index in [4.69, 9.17) is 0 Å². The lowest BCUT2D eigenvalue weighted by Crippen LogP contribution is -2.24. The van der Waals surface area contributed by atoms with E-state index in [1.807, 2.05) is 11.8 Å². The van der Waals surface area contributed by atoms with Crippen LogP contribution in [-0.2, 0) is 0 Å². The van der Waals surface area contributed by atoms with Gasteiger partial charge in [-0.05, 0) is 40.3 Å². The van der Waals surface area contributed by atoms with Crippen molar-refractivity contribution in [1.29, 1.82) is 0 Å². The fourth-order valence-corrected chi connectivity index (χ4v) is 3.47. The first kappa shape index (κ1) is 9.73. The number of nitrogens with one attached hydrogen (secondary N) is 1. The van der Waals surface area contributed by atoms with Crippen LogP contribution in [-0.4, -0.2) is 27.7 Å². The molecule has 0 bridgehead atoms. The minimum Gasteiger partial charge on any atom is -0.357 e. The predicted molar refractivity (Wildman–Crippen MR) is 61.6 cm³/mol. The SMILES string of the molecule is Brc1nnc(NC2CCSCC2)s1. The van der Waals surface area contributed by atoms with Gasteiger partial charge in [0.2, 0.25) is 5.13 Å². The number of nitrogens with zero attached hydrogens (tertiary/aromatic N) is 2. The first-order valence-electron chi connectivity index (χ1n) is 4.18. The highest BCUT2D eigenvalue weighted by Crippen LogP contribution is 2.24. The molecule has 1 aromatic heterocycles. The third-order valence-electron chi connectivity index (χ3n) is 1.95. The molecule has 1 aromatic rings. The highest BCUT2D eigenvalue weighted by Gasteiger charge is 2.14. The third-order valence-corrected chi connectivity index (χ3v) is 4.29. The van der Waals surface area contributed by atoms with E-state index in [-0.39, 0.29) is 0 Å². The number of rotatable bonds is 2. The summed E-state index contributed by atoms with van der Waals surface area (Å²) in [6.07, 6.45) is 2.48. The average molecular weight is 280 g/mol. The number of anilines is 1. The number of halogens is 1. The smallest absolute Gasteiger partial charge is 0.206 e. The normalized spacial score (nSPS) is 18.8. The van der Waals surface area contributed by atoms with Gasteiger partial charge in [-0.2, -0.15) is 11.8 Å². The summed E-state index contributed by atoms with van der Waals surface area (Å²) in [4.78, 5) is 0. The van der Waals surface area contributed by atoms with Crippen LogP contribution in [0.2, 0.25) is 0 Å². The molecule has 0 amide bonds. The summed E-state index contributed by atoms with van der Waals surface area (Å²) < 4.78 is 0.847. The van der Waals surface area contributed by atoms with Gasteiger partial charge in [-0.3, -0.25) is 0 Å². The molecule has 0 unspecified atom stereocenters. The fourth-order valence-electron chi connectivity index (χ4n) is 1.28. The van der Waals surface area contributed by atoms with E-state index < -0.39 is 0 Å². The summed E-state index contributed by atoms with van der Waals surface area (Å²) in [5.74, 6) is 2.52. The second-order valence-electron chi connectivity index (χ2n) is 2.89. The molecule has 0 radical (unpaired) electrons. The highest BCUT2D eigenvalue weighted by molar-refractivity contribution is 9.11. The van der Waals surface area contributed by atoms with Crippen LogP contribution >= 0.6 is 39.0 Å². The van der Waals surface area contributed by atoms with Gasteiger partial charge in [0.25, 0.3) is 0 Å². The molecule has 13 heavy (non-hydrogen) atoms. The van der Waals surface area contributed by atoms with Gasteiger partial charge in [-0.15, -0.1) is 10.2 Å². The van der Waals surface area contributed by atoms with Crippen LogP contribution in [0.15, 0.2) is 3.92 Å². The quantitative estimate of drug-likeness (QED) is 0.903. The molecule has 2 heterocycles. The topological polar surface area (TPSA) is 37.8 Å². The van der Waals surface area contributed by atoms with Gasteiger partial charge in [-0.1, -0.05) is 11.3 Å². The molecular weight excluding hydrogens is 270 g/mol. The van der Waals surface area contributed by atoms with Crippen molar-refractivity contribution in [3.05, 3.63) is 3.92 Å². The largest absolute Gasteiger partial charge is 0.357 e. The zero-order chi connectivity index (χ0) is 9.10. The Morgan fingerprint density at radius 2 is 2.08 bits per heavy atom. The van der Waals surface area contributed by atoms with Crippen LogP contribution in [0.5, 0.6) is 0 Å². The minimum absolute atomic E-state index is 0.598. The van der Waals surface area contributed by atoms with E-state index in [2.05, 4.69) is 31.4 Å². The fraction of sp³-hybridized carbons (Fsp3) is 0.714. The van der Waals surface area contributed by atoms with Gasteiger partial charge in [0.05, 0.1) is 0 Å². The molecule has 1 saturated heterocycles. The summed E-state index contributed by atoms with van der Waals surface area (Å²) in [6.45, 7) is 0. The van der Waals surface area contributed by atoms with Crippen LogP contribution in [0.3, 0.4) is 0 Å². The van der Waals surface area contributed by atoms with Crippen LogP contribution in [0, 0.1) is 0 Å². The van der Waals surface area contributed by atoms with Gasteiger partial charge < -0.3 is 5.32 Å². The maximum atomic E-state index is 4.01. The number of thioether (sulfide) groups is 1. The zero-order valence-electron chi connectivity index (χ0n) is 6.99. The van der Waals surface area contributed by atoms with Crippen molar-refractivity contribution in [2.24, 2.45) is 0 Å². The number of hydrogen-bond donors (Lipinski definition) is 1. The maximum absolute atomic E-state index is 4.01. The van der Waals surface area contributed by atoms with Gasteiger partial charge in [0, 0.05) is 6.04 Å². The number of aromatic nitrogens is 2. The van der Waals surface area contributed by atoms with E-state index in [1.54, 1.807) is 11.3 Å². The standard InChI is InChI=1S/C7H10BrN3S2/c8-6-10-11-7(13-6)9-5-1-3-12-4-2-5/h5H,1-4H2,(H,9,11). The summed E-state index contributed by atoms with van der Waals surface area (Å²) in [7, 11) is 0. The van der Waals surface area contributed by atoms with Crippen molar-refractivity contribution in [2.75, 3.05) is 16.8 Å². The van der Waals surface area contributed by atoms with Crippen LogP contribution in [0.4, 0.5) is 5.13 Å². The van der Waals surface area contributed by atoms with E-state index in [1.165, 1.54) is 24.3 Å². The van der Waals surface area contributed by atoms with E-state index in [0.717, 1.165) is 9.05 Å². The maximum Gasteiger partial charge on any atom is 0.206 e. The van der Waals surface area contributed by atoms with Crippen LogP contribution < -0.4 is 5.32 Å². The molecule has 0 atom stereocenters. The second kappa shape index (κ2) is 4.61. The Kier molecular flexibility index (Phi) is 3.45.